The van der Waals surface area contributed by atoms with E-state index in [0.29, 0.717) is 12.3 Å². The summed E-state index contributed by atoms with van der Waals surface area (Å²) in [4.78, 5) is 10.3. The van der Waals surface area contributed by atoms with Crippen molar-refractivity contribution in [3.63, 3.8) is 0 Å². The topological polar surface area (TPSA) is 57.5 Å². The molecule has 3 heteroatoms. The minimum absolute atomic E-state index is 0.101. The van der Waals surface area contributed by atoms with E-state index in [1.54, 1.807) is 0 Å². The van der Waals surface area contributed by atoms with Crippen LogP contribution in [0.2, 0.25) is 0 Å². The number of carbonyl (C=O) groups is 1. The molecule has 1 atom stereocenters. The van der Waals surface area contributed by atoms with Crippen LogP contribution in [0.5, 0.6) is 0 Å². The predicted octanol–water partition coefficient (Wildman–Crippen LogP) is 1.79. The Bertz CT molecular complexity index is 162. The third-order valence-corrected chi connectivity index (χ3v) is 2.74. The molecular weight excluding hydrogens is 168 g/mol. The van der Waals surface area contributed by atoms with Gasteiger partial charge in [0, 0.05) is 0 Å². The number of carboxylic acid groups (broad SMARTS) is 1. The van der Waals surface area contributed by atoms with Crippen molar-refractivity contribution < 1.29 is 15.0 Å². The van der Waals surface area contributed by atoms with Crippen LogP contribution in [0.3, 0.4) is 0 Å². The third-order valence-electron chi connectivity index (χ3n) is 2.74. The Morgan fingerprint density at radius 1 is 1.31 bits per heavy atom. The summed E-state index contributed by atoms with van der Waals surface area (Å²) < 4.78 is 0. The zero-order valence-electron chi connectivity index (χ0n) is 7.91. The maximum atomic E-state index is 10.3. The molecule has 2 N–H and O–H groups in total. The molecule has 0 aromatic rings. The molecule has 0 unspecified atom stereocenters. The maximum absolute atomic E-state index is 10.3. The van der Waals surface area contributed by atoms with Crippen molar-refractivity contribution in [3.8, 4) is 0 Å². The minimum Gasteiger partial charge on any atom is -0.481 e. The van der Waals surface area contributed by atoms with Gasteiger partial charge in [0.15, 0.2) is 0 Å². The Balaban J connectivity index is 2.18. The van der Waals surface area contributed by atoms with Gasteiger partial charge >= 0.3 is 5.97 Å². The molecule has 13 heavy (non-hydrogen) atoms. The first-order valence-electron chi connectivity index (χ1n) is 5.08. The highest BCUT2D eigenvalue weighted by Gasteiger charge is 2.18. The lowest BCUT2D eigenvalue weighted by atomic mass is 9.85. The fourth-order valence-corrected chi connectivity index (χ4v) is 2.09. The molecule has 0 bridgehead atoms. The first-order chi connectivity index (χ1) is 6.18. The molecule has 0 aromatic heterocycles. The van der Waals surface area contributed by atoms with Crippen molar-refractivity contribution in [1.29, 1.82) is 0 Å². The van der Waals surface area contributed by atoms with Crippen molar-refractivity contribution in [2.45, 2.75) is 51.0 Å². The summed E-state index contributed by atoms with van der Waals surface area (Å²) in [6, 6.07) is 0. The Kier molecular flexibility index (Phi) is 4.22. The van der Waals surface area contributed by atoms with E-state index < -0.39 is 12.1 Å². The smallest absolute Gasteiger partial charge is 0.305 e. The summed E-state index contributed by atoms with van der Waals surface area (Å²) in [5.74, 6) is -0.341. The van der Waals surface area contributed by atoms with Gasteiger partial charge in [-0.1, -0.05) is 32.1 Å². The summed E-state index contributed by atoms with van der Waals surface area (Å²) in [7, 11) is 0. The summed E-state index contributed by atoms with van der Waals surface area (Å²) in [5, 5.41) is 17.8. The van der Waals surface area contributed by atoms with E-state index in [1.807, 2.05) is 0 Å². The lowest BCUT2D eigenvalue weighted by Gasteiger charge is -2.23. The van der Waals surface area contributed by atoms with Crippen molar-refractivity contribution in [2.24, 2.45) is 5.92 Å². The zero-order chi connectivity index (χ0) is 9.68. The quantitative estimate of drug-likeness (QED) is 0.703. The SMILES string of the molecule is O=C(O)C[C@@H](O)CC1CCCCC1. The van der Waals surface area contributed by atoms with Gasteiger partial charge in [0.1, 0.15) is 0 Å². The van der Waals surface area contributed by atoms with Crippen LogP contribution >= 0.6 is 0 Å². The molecule has 0 amide bonds. The largest absolute Gasteiger partial charge is 0.481 e. The van der Waals surface area contributed by atoms with E-state index >= 15 is 0 Å². The van der Waals surface area contributed by atoms with Gasteiger partial charge in [-0.25, -0.2) is 0 Å². The van der Waals surface area contributed by atoms with E-state index in [2.05, 4.69) is 0 Å². The molecular formula is C10H18O3. The Labute approximate surface area is 78.8 Å². The van der Waals surface area contributed by atoms with Crippen LogP contribution in [0.15, 0.2) is 0 Å². The molecule has 0 radical (unpaired) electrons. The first kappa shape index (κ1) is 10.5. The van der Waals surface area contributed by atoms with Crippen LogP contribution in [-0.4, -0.2) is 22.3 Å². The van der Waals surface area contributed by atoms with E-state index in [0.717, 1.165) is 12.8 Å². The summed E-state index contributed by atoms with van der Waals surface area (Å²) >= 11 is 0. The monoisotopic (exact) mass is 186 g/mol. The van der Waals surface area contributed by atoms with Gasteiger partial charge in [0.05, 0.1) is 12.5 Å². The second-order valence-corrected chi connectivity index (χ2v) is 3.99. The fourth-order valence-electron chi connectivity index (χ4n) is 2.09. The van der Waals surface area contributed by atoms with Crippen LogP contribution < -0.4 is 0 Å². The second kappa shape index (κ2) is 5.22. The summed E-state index contributed by atoms with van der Waals surface area (Å²) in [5.41, 5.74) is 0. The van der Waals surface area contributed by atoms with Crippen molar-refractivity contribution in [1.82, 2.24) is 0 Å². The first-order valence-corrected chi connectivity index (χ1v) is 5.08. The summed E-state index contributed by atoms with van der Waals surface area (Å²) in [6.45, 7) is 0. The lowest BCUT2D eigenvalue weighted by molar-refractivity contribution is -0.139. The molecule has 3 nitrogen and oxygen atoms in total. The molecule has 0 spiro atoms. The van der Waals surface area contributed by atoms with Crippen LogP contribution in [0.4, 0.5) is 0 Å². The molecule has 1 saturated carbocycles. The van der Waals surface area contributed by atoms with Gasteiger partial charge in [-0.2, -0.15) is 0 Å². The van der Waals surface area contributed by atoms with Crippen molar-refractivity contribution >= 4 is 5.97 Å². The fraction of sp³-hybridized carbons (Fsp3) is 0.900. The highest BCUT2D eigenvalue weighted by Crippen LogP contribution is 2.27. The molecule has 0 saturated heterocycles. The normalized spacial score (nSPS) is 21.3. The van der Waals surface area contributed by atoms with E-state index in [-0.39, 0.29) is 6.42 Å². The number of rotatable bonds is 4. The molecule has 1 aliphatic rings. The van der Waals surface area contributed by atoms with Gasteiger partial charge < -0.3 is 10.2 Å². The number of carboxylic acids is 1. The van der Waals surface area contributed by atoms with E-state index in [1.165, 1.54) is 19.3 Å². The van der Waals surface area contributed by atoms with E-state index in [4.69, 9.17) is 5.11 Å². The Morgan fingerprint density at radius 2 is 1.92 bits per heavy atom. The number of hydrogen-bond donors (Lipinski definition) is 2. The number of hydrogen-bond acceptors (Lipinski definition) is 2. The van der Waals surface area contributed by atoms with E-state index in [9.17, 15) is 9.90 Å². The summed E-state index contributed by atoms with van der Waals surface area (Å²) in [6.07, 6.45) is 6.04. The van der Waals surface area contributed by atoms with Gasteiger partial charge in [-0.3, -0.25) is 4.79 Å². The number of aliphatic hydroxyl groups excluding tert-OH is 1. The van der Waals surface area contributed by atoms with Crippen molar-refractivity contribution in [2.75, 3.05) is 0 Å². The van der Waals surface area contributed by atoms with Gasteiger partial charge in [0.25, 0.3) is 0 Å². The Morgan fingerprint density at radius 3 is 2.46 bits per heavy atom. The van der Waals surface area contributed by atoms with Gasteiger partial charge in [-0.15, -0.1) is 0 Å². The maximum Gasteiger partial charge on any atom is 0.305 e. The molecule has 1 fully saturated rings. The molecule has 1 rings (SSSR count). The second-order valence-electron chi connectivity index (χ2n) is 3.99. The average molecular weight is 186 g/mol. The molecule has 76 valence electrons. The number of aliphatic hydroxyl groups is 1. The third kappa shape index (κ3) is 4.27. The molecule has 0 aliphatic heterocycles. The highest BCUT2D eigenvalue weighted by molar-refractivity contribution is 5.67. The van der Waals surface area contributed by atoms with Crippen LogP contribution in [0, 0.1) is 5.92 Å². The van der Waals surface area contributed by atoms with Crippen LogP contribution in [-0.2, 0) is 4.79 Å². The molecule has 0 heterocycles. The van der Waals surface area contributed by atoms with Gasteiger partial charge in [0.2, 0.25) is 0 Å². The zero-order valence-corrected chi connectivity index (χ0v) is 7.91. The minimum atomic E-state index is -0.900. The number of aliphatic carboxylic acids is 1. The lowest BCUT2D eigenvalue weighted by Crippen LogP contribution is -2.19. The molecule has 1 aliphatic carbocycles. The Hall–Kier alpha value is -0.570. The average Bonchev–Trinajstić information content (AvgIpc) is 2.04. The standard InChI is InChI=1S/C10H18O3/c11-9(7-10(12)13)6-8-4-2-1-3-5-8/h8-9,11H,1-7H2,(H,12,13)/t9-/m0/s1. The van der Waals surface area contributed by atoms with Crippen molar-refractivity contribution in [3.05, 3.63) is 0 Å². The highest BCUT2D eigenvalue weighted by atomic mass is 16.4. The van der Waals surface area contributed by atoms with Gasteiger partial charge in [-0.05, 0) is 12.3 Å². The molecule has 0 aromatic carbocycles. The van der Waals surface area contributed by atoms with Crippen LogP contribution in [0.25, 0.3) is 0 Å². The predicted molar refractivity (Wildman–Crippen MR) is 49.5 cm³/mol. The van der Waals surface area contributed by atoms with Crippen LogP contribution in [0.1, 0.15) is 44.9 Å².